The molecule has 24 heavy (non-hydrogen) atoms. The molecule has 2 aromatic rings. The summed E-state index contributed by atoms with van der Waals surface area (Å²) in [5, 5.41) is 10.00. The van der Waals surface area contributed by atoms with Gasteiger partial charge in [0.1, 0.15) is 5.75 Å². The van der Waals surface area contributed by atoms with Gasteiger partial charge in [-0.15, -0.1) is 0 Å². The minimum absolute atomic E-state index is 0.359. The van der Waals surface area contributed by atoms with Crippen molar-refractivity contribution in [2.45, 2.75) is 64.2 Å². The van der Waals surface area contributed by atoms with Crippen LogP contribution < -0.4 is 0 Å². The van der Waals surface area contributed by atoms with Gasteiger partial charge in [0.25, 0.3) is 0 Å². The molecule has 1 aliphatic rings. The SMILES string of the molecule is CCCCCC1CCC(c2ccc(-c3ccccc3O)cc2)CC1. The molecule has 1 aliphatic carbocycles. The van der Waals surface area contributed by atoms with E-state index >= 15 is 0 Å². The number of rotatable bonds is 6. The molecule has 0 bridgehead atoms. The summed E-state index contributed by atoms with van der Waals surface area (Å²) in [6.45, 7) is 2.29. The highest BCUT2D eigenvalue weighted by Gasteiger charge is 2.22. The average Bonchev–Trinajstić information content (AvgIpc) is 2.63. The Balaban J connectivity index is 1.58. The molecular formula is C23H30O. The molecule has 1 heteroatoms. The second-order valence-electron chi connectivity index (χ2n) is 7.35. The molecule has 0 spiro atoms. The van der Waals surface area contributed by atoms with Crippen molar-refractivity contribution in [2.75, 3.05) is 0 Å². The number of hydrogen-bond acceptors (Lipinski definition) is 1. The van der Waals surface area contributed by atoms with Crippen molar-refractivity contribution in [1.29, 1.82) is 0 Å². The van der Waals surface area contributed by atoms with E-state index in [9.17, 15) is 5.11 Å². The second-order valence-corrected chi connectivity index (χ2v) is 7.35. The van der Waals surface area contributed by atoms with Gasteiger partial charge in [-0.3, -0.25) is 0 Å². The number of para-hydroxylation sites is 1. The fourth-order valence-corrected chi connectivity index (χ4v) is 4.12. The standard InChI is InChI=1S/C23H30O/c1-2-3-4-7-18-10-12-19(13-11-18)20-14-16-21(17-15-20)22-8-5-6-9-23(22)24/h5-6,8-9,14-19,24H,2-4,7,10-13H2,1H3. The summed E-state index contributed by atoms with van der Waals surface area (Å²) in [6.07, 6.45) is 11.1. The van der Waals surface area contributed by atoms with Gasteiger partial charge in [0.15, 0.2) is 0 Å². The van der Waals surface area contributed by atoms with Crippen LogP contribution in [0.1, 0.15) is 69.8 Å². The quantitative estimate of drug-likeness (QED) is 0.573. The van der Waals surface area contributed by atoms with E-state index in [-0.39, 0.29) is 0 Å². The third-order valence-corrected chi connectivity index (χ3v) is 5.66. The molecule has 0 radical (unpaired) electrons. The molecule has 1 N–H and O–H groups in total. The zero-order valence-corrected chi connectivity index (χ0v) is 14.9. The van der Waals surface area contributed by atoms with E-state index in [1.807, 2.05) is 18.2 Å². The largest absolute Gasteiger partial charge is 0.507 e. The Morgan fingerprint density at radius 2 is 1.58 bits per heavy atom. The molecule has 0 amide bonds. The van der Waals surface area contributed by atoms with E-state index in [4.69, 9.17) is 0 Å². The van der Waals surface area contributed by atoms with Crippen molar-refractivity contribution in [3.05, 3.63) is 54.1 Å². The molecule has 1 saturated carbocycles. The van der Waals surface area contributed by atoms with Crippen LogP contribution >= 0.6 is 0 Å². The summed E-state index contributed by atoms with van der Waals surface area (Å²) >= 11 is 0. The Labute approximate surface area is 146 Å². The number of hydrogen-bond donors (Lipinski definition) is 1. The summed E-state index contributed by atoms with van der Waals surface area (Å²) in [6, 6.07) is 16.4. The van der Waals surface area contributed by atoms with E-state index in [2.05, 4.69) is 31.2 Å². The molecule has 0 aromatic heterocycles. The van der Waals surface area contributed by atoms with Gasteiger partial charge in [-0.05, 0) is 54.7 Å². The van der Waals surface area contributed by atoms with Crippen molar-refractivity contribution in [1.82, 2.24) is 0 Å². The third-order valence-electron chi connectivity index (χ3n) is 5.66. The molecule has 0 heterocycles. The molecule has 128 valence electrons. The second kappa shape index (κ2) is 8.37. The Kier molecular flexibility index (Phi) is 5.96. The van der Waals surface area contributed by atoms with Gasteiger partial charge in [-0.25, -0.2) is 0 Å². The van der Waals surface area contributed by atoms with Crippen LogP contribution in [-0.2, 0) is 0 Å². The van der Waals surface area contributed by atoms with Crippen molar-refractivity contribution in [3.8, 4) is 16.9 Å². The lowest BCUT2D eigenvalue weighted by Gasteiger charge is -2.29. The molecular weight excluding hydrogens is 292 g/mol. The maximum atomic E-state index is 10.00. The Bertz CT molecular complexity index is 621. The van der Waals surface area contributed by atoms with Crippen LogP contribution in [0.15, 0.2) is 48.5 Å². The van der Waals surface area contributed by atoms with Crippen LogP contribution in [0.25, 0.3) is 11.1 Å². The minimum Gasteiger partial charge on any atom is -0.507 e. The first kappa shape index (κ1) is 17.1. The van der Waals surface area contributed by atoms with Crippen LogP contribution in [-0.4, -0.2) is 5.11 Å². The van der Waals surface area contributed by atoms with Crippen molar-refractivity contribution < 1.29 is 5.11 Å². The van der Waals surface area contributed by atoms with Crippen molar-refractivity contribution >= 4 is 0 Å². The van der Waals surface area contributed by atoms with Gasteiger partial charge in [-0.1, -0.05) is 75.1 Å². The fourth-order valence-electron chi connectivity index (χ4n) is 4.12. The van der Waals surface area contributed by atoms with Crippen LogP contribution in [0, 0.1) is 5.92 Å². The van der Waals surface area contributed by atoms with Crippen LogP contribution in [0.5, 0.6) is 5.75 Å². The topological polar surface area (TPSA) is 20.2 Å². The zero-order valence-electron chi connectivity index (χ0n) is 14.9. The van der Waals surface area contributed by atoms with E-state index in [0.717, 1.165) is 23.0 Å². The predicted octanol–water partition coefficient (Wildman–Crippen LogP) is 6.91. The van der Waals surface area contributed by atoms with E-state index < -0.39 is 0 Å². The number of phenolic OH excluding ortho intramolecular Hbond substituents is 1. The van der Waals surface area contributed by atoms with Crippen molar-refractivity contribution in [2.24, 2.45) is 5.92 Å². The molecule has 3 rings (SSSR count). The summed E-state index contributed by atoms with van der Waals surface area (Å²) in [7, 11) is 0. The molecule has 0 unspecified atom stereocenters. The van der Waals surface area contributed by atoms with Gasteiger partial charge < -0.3 is 5.11 Å². The van der Waals surface area contributed by atoms with Gasteiger partial charge in [0, 0.05) is 5.56 Å². The van der Waals surface area contributed by atoms with Crippen LogP contribution in [0.2, 0.25) is 0 Å². The molecule has 2 aromatic carbocycles. The number of phenols is 1. The van der Waals surface area contributed by atoms with E-state index in [1.165, 1.54) is 56.9 Å². The normalized spacial score (nSPS) is 20.9. The monoisotopic (exact) mass is 322 g/mol. The lowest BCUT2D eigenvalue weighted by atomic mass is 9.77. The number of benzene rings is 2. The van der Waals surface area contributed by atoms with Crippen LogP contribution in [0.4, 0.5) is 0 Å². The highest BCUT2D eigenvalue weighted by atomic mass is 16.3. The third kappa shape index (κ3) is 4.20. The smallest absolute Gasteiger partial charge is 0.123 e. The highest BCUT2D eigenvalue weighted by Crippen LogP contribution is 2.38. The fraction of sp³-hybridized carbons (Fsp3) is 0.478. The maximum Gasteiger partial charge on any atom is 0.123 e. The molecule has 0 atom stereocenters. The van der Waals surface area contributed by atoms with Gasteiger partial charge in [0.05, 0.1) is 0 Å². The summed E-state index contributed by atoms with van der Waals surface area (Å²) in [4.78, 5) is 0. The average molecular weight is 322 g/mol. The molecule has 0 saturated heterocycles. The van der Waals surface area contributed by atoms with E-state index in [1.54, 1.807) is 6.07 Å². The Morgan fingerprint density at radius 1 is 0.875 bits per heavy atom. The van der Waals surface area contributed by atoms with Gasteiger partial charge in [-0.2, -0.15) is 0 Å². The first-order valence-corrected chi connectivity index (χ1v) is 9.66. The Hall–Kier alpha value is -1.76. The molecule has 0 aliphatic heterocycles. The molecule has 1 fully saturated rings. The van der Waals surface area contributed by atoms with Gasteiger partial charge >= 0.3 is 0 Å². The Morgan fingerprint density at radius 3 is 2.25 bits per heavy atom. The summed E-state index contributed by atoms with van der Waals surface area (Å²) in [5.74, 6) is 2.05. The number of unbranched alkanes of at least 4 members (excludes halogenated alkanes) is 2. The first-order valence-electron chi connectivity index (χ1n) is 9.66. The number of aromatic hydroxyl groups is 1. The summed E-state index contributed by atoms with van der Waals surface area (Å²) in [5.41, 5.74) is 3.50. The lowest BCUT2D eigenvalue weighted by Crippen LogP contribution is -2.13. The zero-order chi connectivity index (χ0) is 16.8. The molecule has 1 nitrogen and oxygen atoms in total. The van der Waals surface area contributed by atoms with Crippen molar-refractivity contribution in [3.63, 3.8) is 0 Å². The predicted molar refractivity (Wildman–Crippen MR) is 102 cm³/mol. The first-order chi connectivity index (χ1) is 11.8. The van der Waals surface area contributed by atoms with Gasteiger partial charge in [0.2, 0.25) is 0 Å². The lowest BCUT2D eigenvalue weighted by molar-refractivity contribution is 0.303. The summed E-state index contributed by atoms with van der Waals surface area (Å²) < 4.78 is 0. The maximum absolute atomic E-state index is 10.00. The minimum atomic E-state index is 0.359. The van der Waals surface area contributed by atoms with E-state index in [0.29, 0.717) is 5.75 Å². The van der Waals surface area contributed by atoms with Crippen LogP contribution in [0.3, 0.4) is 0 Å². The highest BCUT2D eigenvalue weighted by molar-refractivity contribution is 5.70.